The van der Waals surface area contributed by atoms with E-state index in [2.05, 4.69) is 4.74 Å². The van der Waals surface area contributed by atoms with Crippen molar-refractivity contribution >= 4 is 17.7 Å². The molecule has 7 heteroatoms. The molecule has 1 aromatic carbocycles. The first-order chi connectivity index (χ1) is 7.95. The van der Waals surface area contributed by atoms with Crippen molar-refractivity contribution in [3.05, 3.63) is 28.6 Å². The summed E-state index contributed by atoms with van der Waals surface area (Å²) >= 11 is 0.695. The third-order valence-electron chi connectivity index (χ3n) is 2.08. The minimum atomic E-state index is -1.71. The van der Waals surface area contributed by atoms with E-state index in [9.17, 15) is 18.0 Å². The number of thioether (sulfide) groups is 1. The Labute approximate surface area is 99.6 Å². The quantitative estimate of drug-likeness (QED) is 0.672. The molecule has 0 radical (unpaired) electrons. The summed E-state index contributed by atoms with van der Waals surface area (Å²) in [5.74, 6) is -5.92. The summed E-state index contributed by atoms with van der Waals surface area (Å²) in [7, 11) is 1.20. The van der Waals surface area contributed by atoms with Crippen LogP contribution >= 0.6 is 11.8 Å². The standard InChI is InChI=1S/C10H9F3O3S/c1-16-3-4-6(11)8(13)5(10(14)15)9(17-2)7(4)12/h3H2,1-2H3,(H,14,15). The first-order valence-electron chi connectivity index (χ1n) is 4.41. The normalized spacial score (nSPS) is 10.6. The van der Waals surface area contributed by atoms with E-state index in [4.69, 9.17) is 5.11 Å². The lowest BCUT2D eigenvalue weighted by atomic mass is 10.1. The average Bonchev–Trinajstić information content (AvgIpc) is 2.28. The molecule has 0 aromatic heterocycles. The van der Waals surface area contributed by atoms with Crippen LogP contribution in [0.1, 0.15) is 15.9 Å². The fraction of sp³-hybridized carbons (Fsp3) is 0.300. The van der Waals surface area contributed by atoms with Gasteiger partial charge in [0.2, 0.25) is 0 Å². The Morgan fingerprint density at radius 1 is 1.29 bits per heavy atom. The Morgan fingerprint density at radius 3 is 2.29 bits per heavy atom. The van der Waals surface area contributed by atoms with Gasteiger partial charge in [0.25, 0.3) is 0 Å². The van der Waals surface area contributed by atoms with Gasteiger partial charge in [-0.2, -0.15) is 0 Å². The summed E-state index contributed by atoms with van der Waals surface area (Å²) in [5.41, 5.74) is -1.60. The molecule has 0 saturated heterocycles. The number of halogens is 3. The molecule has 94 valence electrons. The van der Waals surface area contributed by atoms with Crippen molar-refractivity contribution < 1.29 is 27.8 Å². The van der Waals surface area contributed by atoms with Crippen molar-refractivity contribution in [2.24, 2.45) is 0 Å². The molecule has 0 aliphatic rings. The van der Waals surface area contributed by atoms with Crippen LogP contribution in [0.2, 0.25) is 0 Å². The van der Waals surface area contributed by atoms with Crippen LogP contribution in [0.3, 0.4) is 0 Å². The van der Waals surface area contributed by atoms with Crippen LogP contribution in [0.5, 0.6) is 0 Å². The predicted molar refractivity (Wildman–Crippen MR) is 55.8 cm³/mol. The molecule has 1 rings (SSSR count). The number of hydrogen-bond donors (Lipinski definition) is 1. The van der Waals surface area contributed by atoms with E-state index in [0.29, 0.717) is 11.8 Å². The number of hydrogen-bond acceptors (Lipinski definition) is 3. The van der Waals surface area contributed by atoms with E-state index in [1.165, 1.54) is 13.4 Å². The number of aromatic carboxylic acids is 1. The highest BCUT2D eigenvalue weighted by Gasteiger charge is 2.28. The summed E-state index contributed by atoms with van der Waals surface area (Å²) in [5, 5.41) is 8.73. The molecule has 0 unspecified atom stereocenters. The number of carbonyl (C=O) groups is 1. The first kappa shape index (κ1) is 13.9. The van der Waals surface area contributed by atoms with Gasteiger partial charge in [0, 0.05) is 7.11 Å². The van der Waals surface area contributed by atoms with Crippen LogP contribution in [0.4, 0.5) is 13.2 Å². The van der Waals surface area contributed by atoms with Crippen LogP contribution in [0.15, 0.2) is 4.90 Å². The number of methoxy groups -OCH3 is 1. The van der Waals surface area contributed by atoms with Crippen molar-refractivity contribution in [2.75, 3.05) is 13.4 Å². The summed E-state index contributed by atoms with van der Waals surface area (Å²) in [6, 6.07) is 0. The summed E-state index contributed by atoms with van der Waals surface area (Å²) in [6.07, 6.45) is 1.37. The van der Waals surface area contributed by atoms with Gasteiger partial charge in [0.1, 0.15) is 11.4 Å². The summed E-state index contributed by atoms with van der Waals surface area (Å²) < 4.78 is 45.2. The molecule has 0 amide bonds. The monoisotopic (exact) mass is 266 g/mol. The first-order valence-corrected chi connectivity index (χ1v) is 5.63. The minimum Gasteiger partial charge on any atom is -0.478 e. The molecular weight excluding hydrogens is 257 g/mol. The molecule has 17 heavy (non-hydrogen) atoms. The van der Waals surface area contributed by atoms with Gasteiger partial charge in [0.15, 0.2) is 11.6 Å². The molecule has 0 fully saturated rings. The highest BCUT2D eigenvalue weighted by atomic mass is 32.2. The SMILES string of the molecule is COCc1c(F)c(F)c(C(=O)O)c(SC)c1F. The van der Waals surface area contributed by atoms with E-state index < -0.39 is 46.1 Å². The molecule has 3 nitrogen and oxygen atoms in total. The fourth-order valence-corrected chi connectivity index (χ4v) is 2.02. The summed E-state index contributed by atoms with van der Waals surface area (Å²) in [4.78, 5) is 10.3. The molecular formula is C10H9F3O3S. The van der Waals surface area contributed by atoms with Crippen molar-refractivity contribution in [1.29, 1.82) is 0 Å². The van der Waals surface area contributed by atoms with Gasteiger partial charge in [-0.15, -0.1) is 11.8 Å². The maximum Gasteiger partial charge on any atom is 0.340 e. The molecule has 0 spiro atoms. The van der Waals surface area contributed by atoms with E-state index >= 15 is 0 Å². The third-order valence-corrected chi connectivity index (χ3v) is 2.87. The molecule has 0 aliphatic carbocycles. The number of benzene rings is 1. The van der Waals surface area contributed by atoms with Gasteiger partial charge in [-0.1, -0.05) is 0 Å². The zero-order chi connectivity index (χ0) is 13.2. The van der Waals surface area contributed by atoms with E-state index in [-0.39, 0.29) is 0 Å². The van der Waals surface area contributed by atoms with Gasteiger partial charge < -0.3 is 9.84 Å². The second-order valence-electron chi connectivity index (χ2n) is 3.07. The number of carboxylic acids is 1. The van der Waals surface area contributed by atoms with Gasteiger partial charge in [-0.25, -0.2) is 18.0 Å². The maximum absolute atomic E-state index is 13.8. The largest absolute Gasteiger partial charge is 0.478 e. The van der Waals surface area contributed by atoms with Gasteiger partial charge in [-0.05, 0) is 6.26 Å². The maximum atomic E-state index is 13.8. The molecule has 0 aliphatic heterocycles. The van der Waals surface area contributed by atoms with Crippen LogP contribution in [0, 0.1) is 17.5 Å². The molecule has 0 saturated carbocycles. The Hall–Kier alpha value is -1.21. The van der Waals surface area contributed by atoms with E-state index in [1.807, 2.05) is 0 Å². The highest BCUT2D eigenvalue weighted by Crippen LogP contribution is 2.31. The number of rotatable bonds is 4. The van der Waals surface area contributed by atoms with E-state index in [1.54, 1.807) is 0 Å². The number of carboxylic acid groups (broad SMARTS) is 1. The lowest BCUT2D eigenvalue weighted by Crippen LogP contribution is -2.12. The van der Waals surface area contributed by atoms with Crippen molar-refractivity contribution in [3.8, 4) is 0 Å². The van der Waals surface area contributed by atoms with Crippen molar-refractivity contribution in [2.45, 2.75) is 11.5 Å². The van der Waals surface area contributed by atoms with Crippen LogP contribution in [0.25, 0.3) is 0 Å². The second kappa shape index (κ2) is 5.42. The van der Waals surface area contributed by atoms with Gasteiger partial charge in [-0.3, -0.25) is 0 Å². The molecule has 0 heterocycles. The highest BCUT2D eigenvalue weighted by molar-refractivity contribution is 7.98. The van der Waals surface area contributed by atoms with E-state index in [0.717, 1.165) is 0 Å². The predicted octanol–water partition coefficient (Wildman–Crippen LogP) is 2.67. The second-order valence-corrected chi connectivity index (χ2v) is 3.88. The Morgan fingerprint density at radius 2 is 1.88 bits per heavy atom. The Balaban J connectivity index is 3.62. The molecule has 1 N–H and O–H groups in total. The minimum absolute atomic E-state index is 0.441. The average molecular weight is 266 g/mol. The molecule has 1 aromatic rings. The molecule has 0 atom stereocenters. The third kappa shape index (κ3) is 2.39. The smallest absolute Gasteiger partial charge is 0.340 e. The zero-order valence-electron chi connectivity index (χ0n) is 9.01. The lowest BCUT2D eigenvalue weighted by Gasteiger charge is -2.12. The van der Waals surface area contributed by atoms with Crippen LogP contribution < -0.4 is 0 Å². The van der Waals surface area contributed by atoms with Gasteiger partial charge in [0.05, 0.1) is 17.1 Å². The van der Waals surface area contributed by atoms with Crippen LogP contribution in [-0.2, 0) is 11.3 Å². The summed E-state index contributed by atoms with van der Waals surface area (Å²) in [6.45, 7) is -0.470. The lowest BCUT2D eigenvalue weighted by molar-refractivity contribution is 0.0684. The Bertz CT molecular complexity index is 463. The Kier molecular flexibility index (Phi) is 4.41. The van der Waals surface area contributed by atoms with Gasteiger partial charge >= 0.3 is 5.97 Å². The topological polar surface area (TPSA) is 46.5 Å². The zero-order valence-corrected chi connectivity index (χ0v) is 9.83. The fourth-order valence-electron chi connectivity index (χ4n) is 1.34. The van der Waals surface area contributed by atoms with Crippen molar-refractivity contribution in [1.82, 2.24) is 0 Å². The van der Waals surface area contributed by atoms with Crippen LogP contribution in [-0.4, -0.2) is 24.4 Å². The molecule has 0 bridgehead atoms. The number of ether oxygens (including phenoxy) is 1. The van der Waals surface area contributed by atoms with Crippen molar-refractivity contribution in [3.63, 3.8) is 0 Å².